The summed E-state index contributed by atoms with van der Waals surface area (Å²) in [5.74, 6) is 0.290. The highest BCUT2D eigenvalue weighted by atomic mass is 19.4. The molecule has 1 amide bonds. The lowest BCUT2D eigenvalue weighted by Crippen LogP contribution is -2.23. The van der Waals surface area contributed by atoms with Crippen molar-refractivity contribution in [3.63, 3.8) is 0 Å². The second-order valence-electron chi connectivity index (χ2n) is 6.32. The topological polar surface area (TPSA) is 62.4 Å². The summed E-state index contributed by atoms with van der Waals surface area (Å²) in [5, 5.41) is 0.696. The number of rotatable bonds is 2. The van der Waals surface area contributed by atoms with Crippen LogP contribution in [0.5, 0.6) is 0 Å². The monoisotopic (exact) mass is 386 g/mol. The van der Waals surface area contributed by atoms with E-state index in [-0.39, 0.29) is 28.9 Å². The quantitative estimate of drug-likeness (QED) is 0.695. The Morgan fingerprint density at radius 2 is 1.82 bits per heavy atom. The number of ether oxygens (including phenoxy) is 1. The number of halogens is 3. The van der Waals surface area contributed by atoms with Gasteiger partial charge in [0.05, 0.1) is 12.1 Å². The number of pyridine rings is 1. The van der Waals surface area contributed by atoms with Crippen LogP contribution in [0.4, 0.5) is 23.7 Å². The van der Waals surface area contributed by atoms with Gasteiger partial charge in [-0.05, 0) is 29.7 Å². The third-order valence-electron chi connectivity index (χ3n) is 4.45. The molecule has 1 aromatic heterocycles. The molecule has 0 spiro atoms. The number of fused-ring (bicyclic) bond motifs is 1. The van der Waals surface area contributed by atoms with Crippen molar-refractivity contribution >= 4 is 22.6 Å². The molecule has 1 saturated heterocycles. The lowest BCUT2D eigenvalue weighted by Gasteiger charge is -2.15. The molecule has 1 N–H and O–H groups in total. The molecule has 3 aromatic rings. The van der Waals surface area contributed by atoms with Gasteiger partial charge in [0, 0.05) is 22.3 Å². The van der Waals surface area contributed by atoms with Crippen molar-refractivity contribution in [3.05, 3.63) is 76.8 Å². The van der Waals surface area contributed by atoms with Crippen LogP contribution in [0.2, 0.25) is 0 Å². The number of carbonyl (C=O) groups excluding carboxylic acids is 1. The van der Waals surface area contributed by atoms with Gasteiger partial charge in [0.2, 0.25) is 0 Å². The first kappa shape index (κ1) is 17.8. The Bertz CT molecular complexity index is 1180. The lowest BCUT2D eigenvalue weighted by atomic mass is 10.0. The number of alkyl halides is 3. The summed E-state index contributed by atoms with van der Waals surface area (Å²) < 4.78 is 44.8. The molecule has 1 fully saturated rings. The zero-order chi connectivity index (χ0) is 20.1. The van der Waals surface area contributed by atoms with Crippen molar-refractivity contribution in [2.24, 2.45) is 0 Å². The van der Waals surface area contributed by atoms with Gasteiger partial charge in [0.1, 0.15) is 5.76 Å². The zero-order valence-corrected chi connectivity index (χ0v) is 14.3. The van der Waals surface area contributed by atoms with Gasteiger partial charge >= 0.3 is 12.3 Å². The summed E-state index contributed by atoms with van der Waals surface area (Å²) in [4.78, 5) is 28.2. The molecular formula is C20H13F3N2O3. The average molecular weight is 386 g/mol. The van der Waals surface area contributed by atoms with E-state index in [1.165, 1.54) is 35.2 Å². The predicted molar refractivity (Wildman–Crippen MR) is 98.0 cm³/mol. The summed E-state index contributed by atoms with van der Waals surface area (Å²) in [6.07, 6.45) is -5.15. The number of nitrogens with one attached hydrogen (secondary N) is 1. The van der Waals surface area contributed by atoms with Gasteiger partial charge < -0.3 is 9.72 Å². The normalized spacial score (nSPS) is 14.6. The van der Waals surface area contributed by atoms with Crippen molar-refractivity contribution in [2.75, 3.05) is 11.4 Å². The second-order valence-corrected chi connectivity index (χ2v) is 6.32. The van der Waals surface area contributed by atoms with Crippen LogP contribution in [-0.4, -0.2) is 17.6 Å². The van der Waals surface area contributed by atoms with E-state index in [1.54, 1.807) is 12.1 Å². The van der Waals surface area contributed by atoms with Crippen LogP contribution < -0.4 is 10.5 Å². The van der Waals surface area contributed by atoms with Gasteiger partial charge in [0.25, 0.3) is 5.56 Å². The third kappa shape index (κ3) is 3.02. The molecule has 0 aliphatic carbocycles. The first-order valence-electron chi connectivity index (χ1n) is 8.25. The Kier molecular flexibility index (Phi) is 3.99. The van der Waals surface area contributed by atoms with E-state index in [0.29, 0.717) is 11.1 Å². The van der Waals surface area contributed by atoms with Gasteiger partial charge in [-0.3, -0.25) is 9.69 Å². The molecule has 0 radical (unpaired) electrons. The number of amides is 1. The fourth-order valence-corrected chi connectivity index (χ4v) is 3.17. The number of hydrogen-bond donors (Lipinski definition) is 1. The molecule has 5 nitrogen and oxygen atoms in total. The van der Waals surface area contributed by atoms with Gasteiger partial charge in [0.15, 0.2) is 0 Å². The maximum atomic E-state index is 13.3. The number of aromatic amines is 1. The minimum atomic E-state index is -4.55. The summed E-state index contributed by atoms with van der Waals surface area (Å²) in [5.41, 5.74) is -1.01. The van der Waals surface area contributed by atoms with Crippen molar-refractivity contribution in [1.29, 1.82) is 0 Å². The lowest BCUT2D eigenvalue weighted by molar-refractivity contribution is -0.137. The van der Waals surface area contributed by atoms with Crippen LogP contribution in [0, 0.1) is 0 Å². The number of cyclic esters (lactones) is 1. The molecule has 4 rings (SSSR count). The standard InChI is InChI=1S/C20H13F3N2O3/c1-11-10-25(19(27)28-11)13-7-6-12-8-17(24-18(26)15(12)9-13)14-4-2-3-5-16(14)20(21,22)23/h2-9H,1,10H2,(H,24,26). The first-order chi connectivity index (χ1) is 13.2. The van der Waals surface area contributed by atoms with E-state index < -0.39 is 23.4 Å². The van der Waals surface area contributed by atoms with Gasteiger partial charge in [-0.1, -0.05) is 30.8 Å². The number of aromatic nitrogens is 1. The summed E-state index contributed by atoms with van der Waals surface area (Å²) in [6, 6.07) is 11.2. The Morgan fingerprint density at radius 1 is 1.07 bits per heavy atom. The Balaban J connectivity index is 1.83. The third-order valence-corrected chi connectivity index (χ3v) is 4.45. The number of hydrogen-bond acceptors (Lipinski definition) is 3. The van der Waals surface area contributed by atoms with E-state index in [0.717, 1.165) is 6.07 Å². The number of nitrogens with zero attached hydrogens (tertiary/aromatic N) is 1. The van der Waals surface area contributed by atoms with E-state index in [9.17, 15) is 22.8 Å². The summed E-state index contributed by atoms with van der Waals surface area (Å²) in [7, 11) is 0. The molecule has 0 bridgehead atoms. The van der Waals surface area contributed by atoms with Gasteiger partial charge in [-0.15, -0.1) is 0 Å². The molecule has 1 aliphatic rings. The Morgan fingerprint density at radius 3 is 2.50 bits per heavy atom. The molecule has 2 heterocycles. The van der Waals surface area contributed by atoms with Crippen molar-refractivity contribution in [2.45, 2.75) is 6.18 Å². The SMILES string of the molecule is C=C1CN(c2ccc3cc(-c4ccccc4C(F)(F)F)[nH]c(=O)c3c2)C(=O)O1. The molecule has 0 saturated carbocycles. The van der Waals surface area contributed by atoms with Crippen LogP contribution in [0.3, 0.4) is 0 Å². The molecule has 1 aliphatic heterocycles. The molecule has 142 valence electrons. The van der Waals surface area contributed by atoms with Gasteiger partial charge in [-0.25, -0.2) is 4.79 Å². The van der Waals surface area contributed by atoms with Gasteiger partial charge in [-0.2, -0.15) is 13.2 Å². The highest BCUT2D eigenvalue weighted by Crippen LogP contribution is 2.36. The Labute approximate surface area is 156 Å². The average Bonchev–Trinajstić information content (AvgIpc) is 2.99. The van der Waals surface area contributed by atoms with Crippen LogP contribution in [-0.2, 0) is 10.9 Å². The number of benzene rings is 2. The fourth-order valence-electron chi connectivity index (χ4n) is 3.17. The largest absolute Gasteiger partial charge is 0.419 e. The first-order valence-corrected chi connectivity index (χ1v) is 8.25. The fraction of sp³-hybridized carbons (Fsp3) is 0.100. The highest BCUT2D eigenvalue weighted by Gasteiger charge is 2.33. The number of anilines is 1. The van der Waals surface area contributed by atoms with Crippen LogP contribution in [0.15, 0.2) is 65.7 Å². The molecule has 2 aromatic carbocycles. The molecule has 28 heavy (non-hydrogen) atoms. The van der Waals surface area contributed by atoms with E-state index >= 15 is 0 Å². The Hall–Kier alpha value is -3.55. The zero-order valence-electron chi connectivity index (χ0n) is 14.3. The minimum absolute atomic E-state index is 0.0622. The molecule has 8 heteroatoms. The van der Waals surface area contributed by atoms with E-state index in [2.05, 4.69) is 11.6 Å². The predicted octanol–water partition coefficient (Wildman–Crippen LogP) is 4.68. The van der Waals surface area contributed by atoms with Crippen molar-refractivity contribution in [3.8, 4) is 11.3 Å². The number of carbonyl (C=O) groups is 1. The maximum absolute atomic E-state index is 13.3. The maximum Gasteiger partial charge on any atom is 0.419 e. The smallest absolute Gasteiger partial charge is 0.413 e. The molecule has 0 atom stereocenters. The molecular weight excluding hydrogens is 373 g/mol. The highest BCUT2D eigenvalue weighted by molar-refractivity contribution is 5.95. The van der Waals surface area contributed by atoms with Crippen molar-refractivity contribution in [1.82, 2.24) is 4.98 Å². The minimum Gasteiger partial charge on any atom is -0.413 e. The second kappa shape index (κ2) is 6.26. The summed E-state index contributed by atoms with van der Waals surface area (Å²) in [6.45, 7) is 3.75. The van der Waals surface area contributed by atoms with Crippen molar-refractivity contribution < 1.29 is 22.7 Å². The van der Waals surface area contributed by atoms with Crippen LogP contribution in [0.25, 0.3) is 22.0 Å². The number of H-pyrrole nitrogens is 1. The molecule has 0 unspecified atom stereocenters. The van der Waals surface area contributed by atoms with Crippen LogP contribution >= 0.6 is 0 Å². The van der Waals surface area contributed by atoms with E-state index in [4.69, 9.17) is 4.74 Å². The van der Waals surface area contributed by atoms with Crippen LogP contribution in [0.1, 0.15) is 5.56 Å². The summed E-state index contributed by atoms with van der Waals surface area (Å²) >= 11 is 0. The van der Waals surface area contributed by atoms with E-state index in [1.807, 2.05) is 0 Å².